The van der Waals surface area contributed by atoms with Gasteiger partial charge in [0.25, 0.3) is 0 Å². The largest absolute Gasteiger partial charge is 0.456 e. The molecule has 0 saturated heterocycles. The van der Waals surface area contributed by atoms with E-state index in [-0.39, 0.29) is 0 Å². The highest BCUT2D eigenvalue weighted by molar-refractivity contribution is 6.37. The van der Waals surface area contributed by atoms with Crippen LogP contribution in [-0.2, 0) is 0 Å². The number of para-hydroxylation sites is 1. The van der Waals surface area contributed by atoms with Crippen molar-refractivity contribution in [1.82, 2.24) is 0 Å². The smallest absolute Gasteiger partial charge is 0.135 e. The topological polar surface area (TPSA) is 13.1 Å². The quantitative estimate of drug-likeness (QED) is 0.213. The number of hydrogen-bond donors (Lipinski definition) is 0. The summed E-state index contributed by atoms with van der Waals surface area (Å²) in [6, 6.07) is 45.0. The maximum atomic E-state index is 6.83. The monoisotopic (exact) mass is 504 g/mol. The first kappa shape index (κ1) is 21.5. The Balaban J connectivity index is 1.47. The van der Waals surface area contributed by atoms with E-state index in [4.69, 9.17) is 16.0 Å². The Morgan fingerprint density at radius 3 is 2.05 bits per heavy atom. The normalized spacial score (nSPS) is 11.8. The first-order valence-corrected chi connectivity index (χ1v) is 13.2. The van der Waals surface area contributed by atoms with Crippen LogP contribution in [0.25, 0.3) is 76.5 Å². The predicted molar refractivity (Wildman–Crippen MR) is 162 cm³/mol. The van der Waals surface area contributed by atoms with E-state index in [9.17, 15) is 0 Å². The van der Waals surface area contributed by atoms with Gasteiger partial charge in [0.1, 0.15) is 11.2 Å². The summed E-state index contributed by atoms with van der Waals surface area (Å²) < 4.78 is 6.13. The molecule has 0 radical (unpaired) electrons. The third-order valence-corrected chi connectivity index (χ3v) is 8.04. The molecule has 0 amide bonds. The van der Waals surface area contributed by atoms with Crippen LogP contribution in [0.2, 0.25) is 5.02 Å². The van der Waals surface area contributed by atoms with Crippen molar-refractivity contribution in [3.63, 3.8) is 0 Å². The molecule has 2 heteroatoms. The molecule has 0 fully saturated rings. The molecule has 0 unspecified atom stereocenters. The first-order chi connectivity index (χ1) is 18.7. The molecule has 0 spiro atoms. The van der Waals surface area contributed by atoms with Gasteiger partial charge < -0.3 is 4.42 Å². The Hall–Kier alpha value is -4.59. The summed E-state index contributed by atoms with van der Waals surface area (Å²) in [7, 11) is 0. The van der Waals surface area contributed by atoms with E-state index in [1.54, 1.807) is 0 Å². The standard InChI is InChI=1S/C36H21ClO/c37-33-13-6-12-29-31(33)21-30-26(24-16-15-22-7-1-2-8-23(22)19-24)10-5-11-28(30)36(29)25-17-18-35-32(20-25)27-9-3-4-14-34(27)38-35/h1-21H. The van der Waals surface area contributed by atoms with E-state index >= 15 is 0 Å². The summed E-state index contributed by atoms with van der Waals surface area (Å²) in [4.78, 5) is 0. The lowest BCUT2D eigenvalue weighted by Gasteiger charge is -2.16. The second-order valence-electron chi connectivity index (χ2n) is 9.86. The zero-order chi connectivity index (χ0) is 25.2. The SMILES string of the molecule is Clc1cccc2c(-c3ccc4oc5ccccc5c4c3)c3cccc(-c4ccc5ccccc5c4)c3cc12. The van der Waals surface area contributed by atoms with Crippen LogP contribution in [0.3, 0.4) is 0 Å². The van der Waals surface area contributed by atoms with E-state index in [1.165, 1.54) is 38.2 Å². The molecule has 38 heavy (non-hydrogen) atoms. The van der Waals surface area contributed by atoms with Crippen molar-refractivity contribution in [2.24, 2.45) is 0 Å². The summed E-state index contributed by atoms with van der Waals surface area (Å²) in [6.07, 6.45) is 0. The Morgan fingerprint density at radius 1 is 0.421 bits per heavy atom. The molecule has 0 aliphatic rings. The van der Waals surface area contributed by atoms with Crippen molar-refractivity contribution in [3.05, 3.63) is 132 Å². The first-order valence-electron chi connectivity index (χ1n) is 12.8. The van der Waals surface area contributed by atoms with Crippen LogP contribution in [0, 0.1) is 0 Å². The lowest BCUT2D eigenvalue weighted by molar-refractivity contribution is 0.669. The lowest BCUT2D eigenvalue weighted by atomic mass is 9.88. The molecule has 0 atom stereocenters. The van der Waals surface area contributed by atoms with Crippen LogP contribution < -0.4 is 0 Å². The van der Waals surface area contributed by atoms with Crippen molar-refractivity contribution in [2.45, 2.75) is 0 Å². The van der Waals surface area contributed by atoms with Crippen molar-refractivity contribution < 1.29 is 4.42 Å². The number of rotatable bonds is 2. The Kier molecular flexibility index (Phi) is 4.64. The van der Waals surface area contributed by atoms with Crippen molar-refractivity contribution >= 4 is 65.9 Å². The minimum Gasteiger partial charge on any atom is -0.456 e. The Labute approximate surface area is 224 Å². The van der Waals surface area contributed by atoms with Crippen LogP contribution in [0.15, 0.2) is 132 Å². The van der Waals surface area contributed by atoms with E-state index < -0.39 is 0 Å². The molecule has 8 aromatic rings. The zero-order valence-corrected chi connectivity index (χ0v) is 21.2. The fourth-order valence-electron chi connectivity index (χ4n) is 5.93. The van der Waals surface area contributed by atoms with Gasteiger partial charge in [0, 0.05) is 21.2 Å². The summed E-state index contributed by atoms with van der Waals surface area (Å²) >= 11 is 6.83. The van der Waals surface area contributed by atoms with Gasteiger partial charge in [-0.3, -0.25) is 0 Å². The van der Waals surface area contributed by atoms with Gasteiger partial charge in [-0.15, -0.1) is 0 Å². The molecule has 7 aromatic carbocycles. The fraction of sp³-hybridized carbons (Fsp3) is 0. The van der Waals surface area contributed by atoms with Gasteiger partial charge in [-0.2, -0.15) is 0 Å². The van der Waals surface area contributed by atoms with E-state index in [1.807, 2.05) is 24.3 Å². The lowest BCUT2D eigenvalue weighted by Crippen LogP contribution is -1.89. The van der Waals surface area contributed by atoms with E-state index in [2.05, 4.69) is 103 Å². The molecular formula is C36H21ClO. The number of furan rings is 1. The van der Waals surface area contributed by atoms with Gasteiger partial charge in [-0.1, -0.05) is 103 Å². The van der Waals surface area contributed by atoms with Crippen molar-refractivity contribution in [2.75, 3.05) is 0 Å². The van der Waals surface area contributed by atoms with Crippen LogP contribution in [0.4, 0.5) is 0 Å². The van der Waals surface area contributed by atoms with Gasteiger partial charge in [0.05, 0.1) is 0 Å². The zero-order valence-electron chi connectivity index (χ0n) is 20.4. The highest BCUT2D eigenvalue weighted by Gasteiger charge is 2.16. The van der Waals surface area contributed by atoms with Crippen LogP contribution in [0.5, 0.6) is 0 Å². The molecule has 1 heterocycles. The number of halogens is 1. The molecular weight excluding hydrogens is 484 g/mol. The molecule has 0 N–H and O–H groups in total. The van der Waals surface area contributed by atoms with Gasteiger partial charge in [-0.25, -0.2) is 0 Å². The Morgan fingerprint density at radius 2 is 1.13 bits per heavy atom. The molecule has 178 valence electrons. The van der Waals surface area contributed by atoms with E-state index in [0.717, 1.165) is 43.3 Å². The molecule has 0 bridgehead atoms. The summed E-state index contributed by atoms with van der Waals surface area (Å²) in [5.74, 6) is 0. The minimum atomic E-state index is 0.758. The minimum absolute atomic E-state index is 0.758. The highest BCUT2D eigenvalue weighted by Crippen LogP contribution is 2.43. The molecule has 0 aliphatic carbocycles. The van der Waals surface area contributed by atoms with Crippen molar-refractivity contribution in [3.8, 4) is 22.3 Å². The second-order valence-corrected chi connectivity index (χ2v) is 10.3. The third-order valence-electron chi connectivity index (χ3n) is 7.71. The maximum absolute atomic E-state index is 6.83. The summed E-state index contributed by atoms with van der Waals surface area (Å²) in [6.45, 7) is 0. The average molecular weight is 505 g/mol. The second kappa shape index (κ2) is 8.21. The van der Waals surface area contributed by atoms with Gasteiger partial charge in [-0.05, 0) is 85.6 Å². The molecule has 0 saturated carbocycles. The van der Waals surface area contributed by atoms with Crippen LogP contribution in [-0.4, -0.2) is 0 Å². The number of hydrogen-bond acceptors (Lipinski definition) is 1. The van der Waals surface area contributed by atoms with E-state index in [0.29, 0.717) is 0 Å². The summed E-state index contributed by atoms with van der Waals surface area (Å²) in [5, 5.41) is 10.1. The van der Waals surface area contributed by atoms with Crippen LogP contribution in [0.1, 0.15) is 0 Å². The van der Waals surface area contributed by atoms with Gasteiger partial charge >= 0.3 is 0 Å². The molecule has 8 rings (SSSR count). The predicted octanol–water partition coefficient (Wildman–Crippen LogP) is 11.0. The molecule has 0 aliphatic heterocycles. The summed E-state index contributed by atoms with van der Waals surface area (Å²) in [5.41, 5.74) is 6.54. The number of benzene rings is 7. The number of fused-ring (bicyclic) bond motifs is 6. The van der Waals surface area contributed by atoms with Crippen molar-refractivity contribution in [1.29, 1.82) is 0 Å². The van der Waals surface area contributed by atoms with Gasteiger partial charge in [0.15, 0.2) is 0 Å². The Bertz CT molecular complexity index is 2200. The molecule has 1 nitrogen and oxygen atoms in total. The fourth-order valence-corrected chi connectivity index (χ4v) is 6.16. The van der Waals surface area contributed by atoms with Gasteiger partial charge in [0.2, 0.25) is 0 Å². The van der Waals surface area contributed by atoms with Crippen LogP contribution >= 0.6 is 11.6 Å². The highest BCUT2D eigenvalue weighted by atomic mass is 35.5. The maximum Gasteiger partial charge on any atom is 0.135 e. The average Bonchev–Trinajstić information content (AvgIpc) is 3.34. The third kappa shape index (κ3) is 3.19. The molecule has 1 aromatic heterocycles.